The van der Waals surface area contributed by atoms with Crippen molar-refractivity contribution in [3.8, 4) is 0 Å². The first-order valence-electron chi connectivity index (χ1n) is 17.0. The Morgan fingerprint density at radius 2 is 1.75 bits per heavy atom. The number of fused-ring (bicyclic) bond motifs is 13. The molecule has 8 rings (SSSR count). The average molecular weight is 588 g/mol. The zero-order chi connectivity index (χ0) is 31.1. The Balaban J connectivity index is 1.39. The van der Waals surface area contributed by atoms with Crippen molar-refractivity contribution in [2.45, 2.75) is 90.9 Å². The van der Waals surface area contributed by atoms with Crippen molar-refractivity contribution in [1.82, 2.24) is 0 Å². The fourth-order valence-corrected chi connectivity index (χ4v) is 11.0. The predicted molar refractivity (Wildman–Crippen MR) is 182 cm³/mol. The number of methoxy groups -OCH3 is 1. The summed E-state index contributed by atoms with van der Waals surface area (Å²) < 4.78 is 6.17. The smallest absolute Gasteiger partial charge is 0.186 e. The Kier molecular flexibility index (Phi) is 5.84. The number of benzene rings is 2. The van der Waals surface area contributed by atoms with Crippen molar-refractivity contribution < 1.29 is 9.84 Å². The lowest BCUT2D eigenvalue weighted by molar-refractivity contribution is -0.134. The van der Waals surface area contributed by atoms with Gasteiger partial charge in [-0.05, 0) is 107 Å². The van der Waals surface area contributed by atoms with E-state index in [4.69, 9.17) is 9.73 Å². The van der Waals surface area contributed by atoms with E-state index in [1.54, 1.807) is 7.11 Å². The molecule has 5 aliphatic carbocycles. The van der Waals surface area contributed by atoms with Crippen LogP contribution in [0.25, 0.3) is 16.3 Å². The van der Waals surface area contributed by atoms with E-state index in [9.17, 15) is 5.11 Å². The van der Waals surface area contributed by atoms with Gasteiger partial charge in [-0.1, -0.05) is 94.8 Å². The van der Waals surface area contributed by atoms with Gasteiger partial charge < -0.3 is 9.84 Å². The van der Waals surface area contributed by atoms with Gasteiger partial charge in [0.25, 0.3) is 0 Å². The molecule has 9 unspecified atom stereocenters. The van der Waals surface area contributed by atoms with Gasteiger partial charge in [-0.15, -0.1) is 0 Å². The van der Waals surface area contributed by atoms with Crippen molar-refractivity contribution >= 4 is 22.1 Å². The number of nitrogens with zero attached hydrogens (tertiary/aromatic N) is 1. The van der Waals surface area contributed by atoms with Crippen LogP contribution in [0.5, 0.6) is 0 Å². The van der Waals surface area contributed by atoms with Gasteiger partial charge in [0.2, 0.25) is 0 Å². The lowest BCUT2D eigenvalue weighted by Crippen LogP contribution is -2.36. The first-order chi connectivity index (χ1) is 20.8. The molecule has 0 spiro atoms. The van der Waals surface area contributed by atoms with Crippen molar-refractivity contribution in [3.63, 3.8) is 0 Å². The van der Waals surface area contributed by atoms with E-state index >= 15 is 0 Å². The van der Waals surface area contributed by atoms with Crippen LogP contribution in [0.4, 0.5) is 0 Å². The summed E-state index contributed by atoms with van der Waals surface area (Å²) in [5.74, 6) is 1.62. The summed E-state index contributed by atoms with van der Waals surface area (Å²) in [5.41, 5.74) is 8.04. The molecule has 3 heteroatoms. The number of rotatable bonds is 3. The molecule has 2 saturated carbocycles. The number of hydrogen-bond acceptors (Lipinski definition) is 3. The number of hydrogen-bond donors (Lipinski definition) is 1. The summed E-state index contributed by atoms with van der Waals surface area (Å²) in [6, 6.07) is 11.6. The zero-order valence-corrected chi connectivity index (χ0v) is 28.0. The molecule has 1 N–H and O–H groups in total. The highest BCUT2D eigenvalue weighted by Gasteiger charge is 2.88. The third kappa shape index (κ3) is 3.28. The quantitative estimate of drug-likeness (QED) is 0.288. The van der Waals surface area contributed by atoms with Gasteiger partial charge in [0.05, 0.1) is 16.9 Å². The minimum atomic E-state index is -1.31. The van der Waals surface area contributed by atoms with Crippen molar-refractivity contribution in [1.29, 1.82) is 0 Å². The topological polar surface area (TPSA) is 41.8 Å². The van der Waals surface area contributed by atoms with Crippen molar-refractivity contribution in [3.05, 3.63) is 88.5 Å². The van der Waals surface area contributed by atoms with Crippen LogP contribution >= 0.6 is 0 Å². The van der Waals surface area contributed by atoms with Crippen molar-refractivity contribution in [2.24, 2.45) is 45.9 Å². The second kappa shape index (κ2) is 8.95. The molecule has 2 aromatic rings. The normalized spacial score (nSPS) is 39.7. The molecule has 1 aliphatic heterocycles. The van der Waals surface area contributed by atoms with Crippen LogP contribution in [-0.2, 0) is 15.6 Å². The van der Waals surface area contributed by atoms with Gasteiger partial charge in [0.1, 0.15) is 0 Å². The molecule has 3 nitrogen and oxygen atoms in total. The molecule has 44 heavy (non-hydrogen) atoms. The van der Waals surface area contributed by atoms with Gasteiger partial charge >= 0.3 is 0 Å². The van der Waals surface area contributed by atoms with E-state index in [-0.39, 0.29) is 11.5 Å². The molecule has 2 fully saturated rings. The average Bonchev–Trinajstić information content (AvgIpc) is 3.20. The van der Waals surface area contributed by atoms with Crippen LogP contribution < -0.4 is 0 Å². The Hall–Kier alpha value is -2.75. The van der Waals surface area contributed by atoms with Gasteiger partial charge in [-0.2, -0.15) is 0 Å². The highest BCUT2D eigenvalue weighted by Crippen LogP contribution is 2.81. The lowest BCUT2D eigenvalue weighted by Gasteiger charge is -2.42. The second-order valence-electron chi connectivity index (χ2n) is 16.6. The Morgan fingerprint density at radius 1 is 1.02 bits per heavy atom. The van der Waals surface area contributed by atoms with Crippen LogP contribution in [0.15, 0.2) is 76.9 Å². The fourth-order valence-electron chi connectivity index (χ4n) is 11.0. The molecule has 0 radical (unpaired) electrons. The van der Waals surface area contributed by atoms with E-state index < -0.39 is 16.6 Å². The highest BCUT2D eigenvalue weighted by molar-refractivity contribution is 6.13. The third-order valence-corrected chi connectivity index (χ3v) is 13.0. The van der Waals surface area contributed by atoms with Gasteiger partial charge in [-0.25, -0.2) is 0 Å². The van der Waals surface area contributed by atoms with Crippen LogP contribution in [0.1, 0.15) is 84.9 Å². The number of ether oxygens (including phenoxy) is 1. The molecule has 0 bridgehead atoms. The van der Waals surface area contributed by atoms with Gasteiger partial charge in [0.15, 0.2) is 5.79 Å². The summed E-state index contributed by atoms with van der Waals surface area (Å²) in [7, 11) is 1.69. The van der Waals surface area contributed by atoms with Crippen LogP contribution in [0, 0.1) is 40.9 Å². The van der Waals surface area contributed by atoms with Crippen LogP contribution in [-0.4, -0.2) is 29.8 Å². The molecular formula is C41H49NO2. The lowest BCUT2D eigenvalue weighted by atomic mass is 9.62. The fraction of sp³-hybridized carbons (Fsp3) is 0.537. The monoisotopic (exact) mass is 587 g/mol. The second-order valence-corrected chi connectivity index (χ2v) is 16.6. The predicted octanol–water partition coefficient (Wildman–Crippen LogP) is 8.96. The molecule has 0 amide bonds. The maximum absolute atomic E-state index is 12.5. The summed E-state index contributed by atoms with van der Waals surface area (Å²) in [5, 5.41) is 15.0. The maximum Gasteiger partial charge on any atom is 0.186 e. The molecule has 0 saturated heterocycles. The van der Waals surface area contributed by atoms with E-state index in [1.165, 1.54) is 44.2 Å². The summed E-state index contributed by atoms with van der Waals surface area (Å²) >= 11 is 0. The number of aliphatic hydroxyl groups is 1. The van der Waals surface area contributed by atoms with E-state index in [0.717, 1.165) is 18.6 Å². The number of aliphatic imine (C=N–C) groups is 1. The minimum absolute atomic E-state index is 0.0302. The SMILES string of the molecule is COC1(O)C2(C)C3=C(c4cc(C(C)(C)C)c5ccccc5c4C12C)C1C(CC2C4C=C(CC(C)C)C=CC4C=CC21)N=C3C. The van der Waals surface area contributed by atoms with E-state index in [0.29, 0.717) is 35.5 Å². The van der Waals surface area contributed by atoms with Crippen LogP contribution in [0.3, 0.4) is 0 Å². The standard InChI is InChI=1S/C41H49NO2/c1-22(2)18-24-14-15-25-16-17-27-30(29(25)19-24)21-33-34(27)35-31-20-32(38(4,5)6)26-12-10-11-13-28(26)37(31)40(8)39(7,41(40,43)44-9)36(35)23(3)42-33/h10-17,19-20,22,25,27,29-30,33-34,43H,18,21H2,1-9H3. The number of allylic oxidation sites excluding steroid dienone is 6. The molecule has 9 atom stereocenters. The van der Waals surface area contributed by atoms with E-state index in [2.05, 4.69) is 116 Å². The molecule has 6 aliphatic rings. The molecular weight excluding hydrogens is 538 g/mol. The maximum atomic E-state index is 12.5. The van der Waals surface area contributed by atoms with Crippen molar-refractivity contribution in [2.75, 3.05) is 7.11 Å². The minimum Gasteiger partial charge on any atom is -0.364 e. The molecule has 0 aromatic heterocycles. The van der Waals surface area contributed by atoms with Crippen LogP contribution in [0.2, 0.25) is 0 Å². The first-order valence-corrected chi connectivity index (χ1v) is 17.0. The van der Waals surface area contributed by atoms with Gasteiger partial charge in [0, 0.05) is 24.7 Å². The Morgan fingerprint density at radius 3 is 2.43 bits per heavy atom. The molecule has 230 valence electrons. The Bertz CT molecular complexity index is 1760. The highest BCUT2D eigenvalue weighted by atomic mass is 16.6. The third-order valence-electron chi connectivity index (χ3n) is 13.0. The van der Waals surface area contributed by atoms with Gasteiger partial charge in [-0.3, -0.25) is 4.99 Å². The summed E-state index contributed by atoms with van der Waals surface area (Å²) in [6.07, 6.45) is 14.8. The first kappa shape index (κ1) is 28.7. The summed E-state index contributed by atoms with van der Waals surface area (Å²) in [4.78, 5) is 5.54. The number of dihydropyridines is 1. The zero-order valence-electron chi connectivity index (χ0n) is 28.0. The molecule has 2 aromatic carbocycles. The summed E-state index contributed by atoms with van der Waals surface area (Å²) in [6.45, 7) is 18.3. The largest absolute Gasteiger partial charge is 0.364 e. The van der Waals surface area contributed by atoms with E-state index in [1.807, 2.05) is 0 Å². The Labute approximate surface area is 263 Å². The molecule has 1 heterocycles.